The van der Waals surface area contributed by atoms with Crippen LogP contribution in [-0.4, -0.2) is 24.0 Å². The molecule has 6 heteroatoms. The van der Waals surface area contributed by atoms with E-state index in [0.29, 0.717) is 16.3 Å². The molecule has 0 fully saturated rings. The van der Waals surface area contributed by atoms with Gasteiger partial charge in [-0.25, -0.2) is 9.78 Å². The number of fused-ring (bicyclic) bond motifs is 1. The van der Waals surface area contributed by atoms with Crippen LogP contribution in [0.2, 0.25) is 0 Å². The lowest BCUT2D eigenvalue weighted by atomic mass is 10.2. The highest BCUT2D eigenvalue weighted by Crippen LogP contribution is 2.27. The molecule has 3 rings (SSSR count). The number of benzene rings is 2. The Bertz CT molecular complexity index is 843. The Morgan fingerprint density at radius 1 is 1.09 bits per heavy atom. The van der Waals surface area contributed by atoms with Gasteiger partial charge in [0, 0.05) is 5.56 Å². The quantitative estimate of drug-likeness (QED) is 0.753. The van der Waals surface area contributed by atoms with Crippen molar-refractivity contribution < 1.29 is 14.3 Å². The van der Waals surface area contributed by atoms with Crippen molar-refractivity contribution in [3.8, 4) is 0 Å². The van der Waals surface area contributed by atoms with E-state index in [9.17, 15) is 9.59 Å². The van der Waals surface area contributed by atoms with Crippen LogP contribution in [0, 0.1) is 0 Å². The van der Waals surface area contributed by atoms with Crippen LogP contribution < -0.4 is 5.32 Å². The summed E-state index contributed by atoms with van der Waals surface area (Å²) in [6.45, 7) is 0. The fourth-order valence-corrected chi connectivity index (χ4v) is 2.88. The van der Waals surface area contributed by atoms with Crippen molar-refractivity contribution in [2.45, 2.75) is 0 Å². The number of esters is 1. The fraction of sp³-hybridized carbons (Fsp3) is 0.0625. The number of nitrogens with zero attached hydrogens (tertiary/aromatic N) is 1. The van der Waals surface area contributed by atoms with Gasteiger partial charge in [0.2, 0.25) is 0 Å². The first kappa shape index (κ1) is 14.2. The third kappa shape index (κ3) is 2.82. The lowest BCUT2D eigenvalue weighted by Gasteiger charge is -2.00. The Morgan fingerprint density at radius 3 is 2.59 bits per heavy atom. The van der Waals surface area contributed by atoms with E-state index < -0.39 is 5.97 Å². The molecule has 22 heavy (non-hydrogen) atoms. The van der Waals surface area contributed by atoms with E-state index in [1.807, 2.05) is 6.07 Å². The van der Waals surface area contributed by atoms with Crippen LogP contribution >= 0.6 is 11.3 Å². The van der Waals surface area contributed by atoms with Gasteiger partial charge in [0.15, 0.2) is 5.13 Å². The Kier molecular flexibility index (Phi) is 3.84. The zero-order valence-electron chi connectivity index (χ0n) is 11.7. The first-order chi connectivity index (χ1) is 10.7. The Balaban J connectivity index is 1.86. The predicted molar refractivity (Wildman–Crippen MR) is 85.4 cm³/mol. The molecule has 0 unspecified atom stereocenters. The van der Waals surface area contributed by atoms with Crippen molar-refractivity contribution in [1.82, 2.24) is 4.98 Å². The minimum atomic E-state index is -0.398. The second-order valence-corrected chi connectivity index (χ2v) is 5.54. The SMILES string of the molecule is COC(=O)c1ccc2nc(NC(=O)c3ccccc3)sc2c1. The lowest BCUT2D eigenvalue weighted by molar-refractivity contribution is 0.0601. The monoisotopic (exact) mass is 312 g/mol. The molecule has 0 aliphatic carbocycles. The molecule has 0 aliphatic rings. The third-order valence-electron chi connectivity index (χ3n) is 3.07. The molecule has 1 N–H and O–H groups in total. The molecule has 0 spiro atoms. The maximum absolute atomic E-state index is 12.1. The summed E-state index contributed by atoms with van der Waals surface area (Å²) in [6, 6.07) is 14.0. The topological polar surface area (TPSA) is 68.3 Å². The molecule has 0 atom stereocenters. The number of carbonyl (C=O) groups is 2. The summed E-state index contributed by atoms with van der Waals surface area (Å²) >= 11 is 1.31. The van der Waals surface area contributed by atoms with E-state index in [1.54, 1.807) is 42.5 Å². The number of amides is 1. The van der Waals surface area contributed by atoms with Crippen LogP contribution in [0.25, 0.3) is 10.2 Å². The molecule has 0 radical (unpaired) electrons. The molecular formula is C16H12N2O3S. The molecule has 3 aromatic rings. The third-order valence-corrected chi connectivity index (χ3v) is 4.00. The number of nitrogens with one attached hydrogen (secondary N) is 1. The summed E-state index contributed by atoms with van der Waals surface area (Å²) in [6.07, 6.45) is 0. The minimum Gasteiger partial charge on any atom is -0.465 e. The van der Waals surface area contributed by atoms with Gasteiger partial charge in [-0.1, -0.05) is 29.5 Å². The molecule has 1 amide bonds. The van der Waals surface area contributed by atoms with E-state index in [0.717, 1.165) is 10.2 Å². The van der Waals surface area contributed by atoms with E-state index in [1.165, 1.54) is 18.4 Å². The van der Waals surface area contributed by atoms with Crippen LogP contribution in [0.5, 0.6) is 0 Å². The normalized spacial score (nSPS) is 10.4. The number of anilines is 1. The molecule has 0 aliphatic heterocycles. The second-order valence-electron chi connectivity index (χ2n) is 4.51. The highest BCUT2D eigenvalue weighted by Gasteiger charge is 2.12. The summed E-state index contributed by atoms with van der Waals surface area (Å²) in [5, 5.41) is 3.25. The van der Waals surface area contributed by atoms with Gasteiger partial charge in [0.1, 0.15) is 0 Å². The van der Waals surface area contributed by atoms with Crippen molar-refractivity contribution in [1.29, 1.82) is 0 Å². The fourth-order valence-electron chi connectivity index (χ4n) is 1.98. The number of aromatic nitrogens is 1. The standard InChI is InChI=1S/C16H12N2O3S/c1-21-15(20)11-7-8-12-13(9-11)22-16(17-12)18-14(19)10-5-3-2-4-6-10/h2-9H,1H3,(H,17,18,19). The second kappa shape index (κ2) is 5.95. The number of hydrogen-bond acceptors (Lipinski definition) is 5. The van der Waals surface area contributed by atoms with Gasteiger partial charge in [-0.3, -0.25) is 10.1 Å². The maximum Gasteiger partial charge on any atom is 0.337 e. The minimum absolute atomic E-state index is 0.215. The highest BCUT2D eigenvalue weighted by molar-refractivity contribution is 7.22. The van der Waals surface area contributed by atoms with Crippen LogP contribution in [0.4, 0.5) is 5.13 Å². The van der Waals surface area contributed by atoms with Gasteiger partial charge in [-0.15, -0.1) is 0 Å². The summed E-state index contributed by atoms with van der Waals surface area (Å²) in [5.74, 6) is -0.613. The number of carbonyl (C=O) groups excluding carboxylic acids is 2. The van der Waals surface area contributed by atoms with Gasteiger partial charge in [0.05, 0.1) is 22.9 Å². The van der Waals surface area contributed by atoms with Crippen molar-refractivity contribution in [3.63, 3.8) is 0 Å². The molecule has 5 nitrogen and oxygen atoms in total. The Hall–Kier alpha value is -2.73. The van der Waals surface area contributed by atoms with Crippen molar-refractivity contribution >= 4 is 38.6 Å². The van der Waals surface area contributed by atoms with Crippen LogP contribution in [-0.2, 0) is 4.74 Å². The number of ether oxygens (including phenoxy) is 1. The zero-order valence-corrected chi connectivity index (χ0v) is 12.5. The first-order valence-electron chi connectivity index (χ1n) is 6.52. The highest BCUT2D eigenvalue weighted by atomic mass is 32.1. The molecule has 2 aromatic carbocycles. The number of hydrogen-bond donors (Lipinski definition) is 1. The van der Waals surface area contributed by atoms with Gasteiger partial charge >= 0.3 is 5.97 Å². The average Bonchev–Trinajstić information content (AvgIpc) is 2.96. The molecule has 1 aromatic heterocycles. The molecular weight excluding hydrogens is 300 g/mol. The molecule has 110 valence electrons. The van der Waals surface area contributed by atoms with Crippen LogP contribution in [0.15, 0.2) is 48.5 Å². The molecule has 0 saturated heterocycles. The molecule has 0 saturated carbocycles. The first-order valence-corrected chi connectivity index (χ1v) is 7.34. The van der Waals surface area contributed by atoms with Gasteiger partial charge in [-0.2, -0.15) is 0 Å². The van der Waals surface area contributed by atoms with E-state index >= 15 is 0 Å². The predicted octanol–water partition coefficient (Wildman–Crippen LogP) is 3.34. The summed E-state index contributed by atoms with van der Waals surface area (Å²) in [5.41, 5.74) is 1.75. The summed E-state index contributed by atoms with van der Waals surface area (Å²) in [4.78, 5) is 28.0. The lowest BCUT2D eigenvalue weighted by Crippen LogP contribution is -2.11. The average molecular weight is 312 g/mol. The Morgan fingerprint density at radius 2 is 1.86 bits per heavy atom. The largest absolute Gasteiger partial charge is 0.465 e. The Labute approximate surface area is 130 Å². The molecule has 1 heterocycles. The van der Waals surface area contributed by atoms with Gasteiger partial charge in [-0.05, 0) is 30.3 Å². The van der Waals surface area contributed by atoms with Gasteiger partial charge < -0.3 is 4.74 Å². The number of rotatable bonds is 3. The van der Waals surface area contributed by atoms with Crippen molar-refractivity contribution in [3.05, 3.63) is 59.7 Å². The summed E-state index contributed by atoms with van der Waals surface area (Å²) in [7, 11) is 1.34. The summed E-state index contributed by atoms with van der Waals surface area (Å²) < 4.78 is 5.50. The smallest absolute Gasteiger partial charge is 0.337 e. The van der Waals surface area contributed by atoms with Crippen molar-refractivity contribution in [2.75, 3.05) is 12.4 Å². The number of methoxy groups -OCH3 is 1. The van der Waals surface area contributed by atoms with Gasteiger partial charge in [0.25, 0.3) is 5.91 Å². The molecule has 0 bridgehead atoms. The van der Waals surface area contributed by atoms with E-state index in [-0.39, 0.29) is 5.91 Å². The van der Waals surface area contributed by atoms with Crippen molar-refractivity contribution in [2.24, 2.45) is 0 Å². The van der Waals surface area contributed by atoms with Crippen LogP contribution in [0.3, 0.4) is 0 Å². The zero-order chi connectivity index (χ0) is 15.5. The van der Waals surface area contributed by atoms with Crippen LogP contribution in [0.1, 0.15) is 20.7 Å². The maximum atomic E-state index is 12.1. The van der Waals surface area contributed by atoms with E-state index in [4.69, 9.17) is 0 Å². The number of thiazole rings is 1. The van der Waals surface area contributed by atoms with E-state index in [2.05, 4.69) is 15.0 Å².